The van der Waals surface area contributed by atoms with Crippen LogP contribution in [-0.2, 0) is 9.59 Å². The number of nitro benzene ring substituents is 1. The summed E-state index contributed by atoms with van der Waals surface area (Å²) in [5.74, 6) is -2.90. The highest BCUT2D eigenvalue weighted by atomic mass is 16.6. The van der Waals surface area contributed by atoms with E-state index in [4.69, 9.17) is 4.74 Å². The Bertz CT molecular complexity index is 1450. The van der Waals surface area contributed by atoms with E-state index in [0.29, 0.717) is 0 Å². The lowest BCUT2D eigenvalue weighted by atomic mass is 10.1. The molecule has 1 saturated heterocycles. The SMILES string of the molecule is C[C@@H](c1ccccc1)N1C[C@@H](C(=O)Oc2cccc(N3C(=O)c4cccc([N+](=O)[O-])c4C3=O)c2)CC1=O. The zero-order valence-corrected chi connectivity index (χ0v) is 19.7. The van der Waals surface area contributed by atoms with Crippen LogP contribution in [0.1, 0.15) is 45.7 Å². The summed E-state index contributed by atoms with van der Waals surface area (Å²) in [4.78, 5) is 64.5. The number of hydrogen-bond acceptors (Lipinski definition) is 7. The Labute approximate surface area is 211 Å². The van der Waals surface area contributed by atoms with Gasteiger partial charge in [0.05, 0.1) is 28.1 Å². The summed E-state index contributed by atoms with van der Waals surface area (Å²) in [7, 11) is 0. The maximum Gasteiger partial charge on any atom is 0.316 e. The minimum Gasteiger partial charge on any atom is -0.426 e. The third-order valence-electron chi connectivity index (χ3n) is 6.63. The molecule has 10 heteroatoms. The maximum atomic E-state index is 13.0. The van der Waals surface area contributed by atoms with E-state index in [1.165, 1.54) is 36.4 Å². The van der Waals surface area contributed by atoms with Gasteiger partial charge in [0.1, 0.15) is 11.3 Å². The fourth-order valence-corrected chi connectivity index (χ4v) is 4.72. The minimum absolute atomic E-state index is 0.0117. The molecule has 0 spiro atoms. The molecule has 0 aromatic heterocycles. The first-order chi connectivity index (χ1) is 17.8. The van der Waals surface area contributed by atoms with Crippen LogP contribution >= 0.6 is 0 Å². The summed E-state index contributed by atoms with van der Waals surface area (Å²) in [5, 5.41) is 11.4. The molecule has 1 fully saturated rings. The zero-order valence-electron chi connectivity index (χ0n) is 19.7. The molecule has 0 radical (unpaired) electrons. The van der Waals surface area contributed by atoms with Gasteiger partial charge in [-0.25, -0.2) is 4.90 Å². The number of benzene rings is 3. The van der Waals surface area contributed by atoms with Gasteiger partial charge >= 0.3 is 5.97 Å². The van der Waals surface area contributed by atoms with E-state index < -0.39 is 34.3 Å². The highest BCUT2D eigenvalue weighted by Gasteiger charge is 2.42. The first kappa shape index (κ1) is 23.9. The smallest absolute Gasteiger partial charge is 0.316 e. The Morgan fingerprint density at radius 1 is 1.00 bits per heavy atom. The van der Waals surface area contributed by atoms with Crippen LogP contribution in [0.4, 0.5) is 11.4 Å². The second-order valence-corrected chi connectivity index (χ2v) is 8.85. The molecule has 0 N–H and O–H groups in total. The number of carbonyl (C=O) groups excluding carboxylic acids is 4. The van der Waals surface area contributed by atoms with E-state index in [1.807, 2.05) is 37.3 Å². The maximum absolute atomic E-state index is 13.0. The number of fused-ring (bicyclic) bond motifs is 1. The number of rotatable bonds is 6. The molecule has 0 unspecified atom stereocenters. The van der Waals surface area contributed by atoms with Gasteiger partial charge in [0, 0.05) is 25.1 Å². The van der Waals surface area contributed by atoms with E-state index in [0.717, 1.165) is 16.5 Å². The number of likely N-dealkylation sites (tertiary alicyclic amines) is 1. The molecule has 2 aliphatic heterocycles. The van der Waals surface area contributed by atoms with Crippen LogP contribution in [-0.4, -0.2) is 40.1 Å². The average Bonchev–Trinajstić information content (AvgIpc) is 3.41. The summed E-state index contributed by atoms with van der Waals surface area (Å²) >= 11 is 0. The predicted molar refractivity (Wildman–Crippen MR) is 131 cm³/mol. The van der Waals surface area contributed by atoms with E-state index >= 15 is 0 Å². The fraction of sp³-hybridized carbons (Fsp3) is 0.185. The first-order valence-electron chi connectivity index (χ1n) is 11.6. The van der Waals surface area contributed by atoms with Gasteiger partial charge in [-0.1, -0.05) is 42.5 Å². The molecule has 37 heavy (non-hydrogen) atoms. The summed E-state index contributed by atoms with van der Waals surface area (Å²) in [6.07, 6.45) is 0.0117. The normalized spacial score (nSPS) is 17.6. The van der Waals surface area contributed by atoms with Crippen LogP contribution in [0.15, 0.2) is 72.8 Å². The van der Waals surface area contributed by atoms with Crippen molar-refractivity contribution in [2.75, 3.05) is 11.4 Å². The van der Waals surface area contributed by atoms with Gasteiger partial charge < -0.3 is 9.64 Å². The van der Waals surface area contributed by atoms with Crippen LogP contribution in [0, 0.1) is 16.0 Å². The summed E-state index contributed by atoms with van der Waals surface area (Å²) in [5.41, 5.74) is 0.253. The average molecular weight is 499 g/mol. The lowest BCUT2D eigenvalue weighted by Gasteiger charge is -2.25. The fourth-order valence-electron chi connectivity index (χ4n) is 4.72. The van der Waals surface area contributed by atoms with E-state index in [2.05, 4.69) is 0 Å². The van der Waals surface area contributed by atoms with Gasteiger partial charge in [-0.3, -0.25) is 29.3 Å². The summed E-state index contributed by atoms with van der Waals surface area (Å²) in [6, 6.07) is 19.0. The third kappa shape index (κ3) is 4.22. The Kier molecular flexibility index (Phi) is 6.00. The van der Waals surface area contributed by atoms with Crippen LogP contribution in [0.2, 0.25) is 0 Å². The Hall–Kier alpha value is -4.86. The highest BCUT2D eigenvalue weighted by Crippen LogP contribution is 2.35. The third-order valence-corrected chi connectivity index (χ3v) is 6.63. The standard InChI is InChI=1S/C27H21N3O7/c1-16(17-7-3-2-4-8-17)28-15-18(13-23(28)31)27(34)37-20-10-5-9-19(14-20)29-25(32)21-11-6-12-22(30(35)36)24(21)26(29)33/h2-12,14,16,18H,13,15H2,1H3/t16-,18-/m0/s1. The van der Waals surface area contributed by atoms with Gasteiger partial charge in [0.2, 0.25) is 5.91 Å². The monoisotopic (exact) mass is 499 g/mol. The van der Waals surface area contributed by atoms with Crippen molar-refractivity contribution >= 4 is 35.1 Å². The van der Waals surface area contributed by atoms with Crippen LogP contribution in [0.5, 0.6) is 5.75 Å². The Balaban J connectivity index is 1.32. The Morgan fingerprint density at radius 2 is 1.73 bits per heavy atom. The zero-order chi connectivity index (χ0) is 26.3. The van der Waals surface area contributed by atoms with Gasteiger partial charge in [-0.05, 0) is 30.7 Å². The molecular formula is C27H21N3O7. The molecule has 3 aromatic rings. The van der Waals surface area contributed by atoms with Crippen LogP contribution in [0.25, 0.3) is 0 Å². The molecule has 0 bridgehead atoms. The van der Waals surface area contributed by atoms with Gasteiger partial charge in [-0.15, -0.1) is 0 Å². The largest absolute Gasteiger partial charge is 0.426 e. The van der Waals surface area contributed by atoms with Crippen LogP contribution in [0.3, 0.4) is 0 Å². The highest BCUT2D eigenvalue weighted by molar-refractivity contribution is 6.35. The van der Waals surface area contributed by atoms with Crippen molar-refractivity contribution in [2.45, 2.75) is 19.4 Å². The van der Waals surface area contributed by atoms with Crippen molar-refractivity contribution in [3.63, 3.8) is 0 Å². The number of nitrogens with zero attached hydrogens (tertiary/aromatic N) is 3. The van der Waals surface area contributed by atoms with Crippen molar-refractivity contribution < 1.29 is 28.8 Å². The van der Waals surface area contributed by atoms with Gasteiger partial charge in [0.15, 0.2) is 0 Å². The number of esters is 1. The van der Waals surface area contributed by atoms with Gasteiger partial charge in [0.25, 0.3) is 17.5 Å². The number of ether oxygens (including phenoxy) is 1. The first-order valence-corrected chi connectivity index (χ1v) is 11.6. The molecule has 0 saturated carbocycles. The van der Waals surface area contributed by atoms with E-state index in [-0.39, 0.29) is 47.5 Å². The number of nitro groups is 1. The number of anilines is 1. The molecule has 2 aliphatic rings. The summed E-state index contributed by atoms with van der Waals surface area (Å²) < 4.78 is 5.51. The molecule has 186 valence electrons. The molecule has 2 heterocycles. The molecular weight excluding hydrogens is 478 g/mol. The Morgan fingerprint density at radius 3 is 2.46 bits per heavy atom. The quantitative estimate of drug-likeness (QED) is 0.165. The molecule has 10 nitrogen and oxygen atoms in total. The molecule has 3 amide bonds. The van der Waals surface area contributed by atoms with Crippen molar-refractivity contribution in [2.24, 2.45) is 5.92 Å². The topological polar surface area (TPSA) is 127 Å². The minimum atomic E-state index is -0.831. The lowest BCUT2D eigenvalue weighted by molar-refractivity contribution is -0.385. The number of carbonyl (C=O) groups is 4. The van der Waals surface area contributed by atoms with E-state index in [9.17, 15) is 29.3 Å². The van der Waals surface area contributed by atoms with Crippen molar-refractivity contribution in [3.05, 3.63) is 99.6 Å². The van der Waals surface area contributed by atoms with Crippen molar-refractivity contribution in [1.29, 1.82) is 0 Å². The number of imide groups is 1. The predicted octanol–water partition coefficient (Wildman–Crippen LogP) is 3.91. The lowest BCUT2D eigenvalue weighted by Crippen LogP contribution is -2.30. The second kappa shape index (κ2) is 9.30. The number of amides is 3. The summed E-state index contributed by atoms with van der Waals surface area (Å²) in [6.45, 7) is 2.10. The molecule has 2 atom stereocenters. The van der Waals surface area contributed by atoms with E-state index in [1.54, 1.807) is 4.90 Å². The molecule has 3 aromatic carbocycles. The van der Waals surface area contributed by atoms with Crippen LogP contribution < -0.4 is 9.64 Å². The second-order valence-electron chi connectivity index (χ2n) is 8.85. The van der Waals surface area contributed by atoms with Gasteiger partial charge in [-0.2, -0.15) is 0 Å². The van der Waals surface area contributed by atoms with Crippen molar-refractivity contribution in [3.8, 4) is 5.75 Å². The molecule has 0 aliphatic carbocycles. The van der Waals surface area contributed by atoms with Crippen molar-refractivity contribution in [1.82, 2.24) is 4.90 Å². The molecule has 5 rings (SSSR count). The number of hydrogen-bond donors (Lipinski definition) is 0.